The average molecular weight is 417 g/mol. The molecule has 1 N–H and O–H groups in total. The summed E-state index contributed by atoms with van der Waals surface area (Å²) in [4.78, 5) is 18.7. The number of thiophene rings is 1. The highest BCUT2D eigenvalue weighted by Crippen LogP contribution is 2.36. The van der Waals surface area contributed by atoms with Gasteiger partial charge in [0.15, 0.2) is 0 Å². The minimum atomic E-state index is 0.0892. The first kappa shape index (κ1) is 19.3. The molecule has 3 heterocycles. The number of aryl methyl sites for hydroxylation is 2. The van der Waals surface area contributed by atoms with Gasteiger partial charge in [0.2, 0.25) is 11.8 Å². The summed E-state index contributed by atoms with van der Waals surface area (Å²) in [6.45, 7) is 4.69. The van der Waals surface area contributed by atoms with Crippen molar-refractivity contribution in [2.24, 2.45) is 5.92 Å². The zero-order chi connectivity index (χ0) is 19.5. The Morgan fingerprint density at radius 2 is 2.07 bits per heavy atom. The maximum atomic E-state index is 12.3. The lowest BCUT2D eigenvalue weighted by Crippen LogP contribution is -2.32. The number of nitrogens with zero attached hydrogens (tertiary/aromatic N) is 3. The van der Waals surface area contributed by atoms with Crippen LogP contribution in [0.5, 0.6) is 0 Å². The third-order valence-corrected chi connectivity index (χ3v) is 7.21. The van der Waals surface area contributed by atoms with Gasteiger partial charge in [0, 0.05) is 17.3 Å². The van der Waals surface area contributed by atoms with Crippen LogP contribution in [-0.4, -0.2) is 27.6 Å². The van der Waals surface area contributed by atoms with Gasteiger partial charge in [-0.2, -0.15) is 0 Å². The maximum Gasteiger partial charge on any atom is 0.257 e. The van der Waals surface area contributed by atoms with E-state index >= 15 is 0 Å². The lowest BCUT2D eigenvalue weighted by Gasteiger charge is -2.26. The Labute approximate surface area is 172 Å². The first-order chi connectivity index (χ1) is 13.6. The van der Waals surface area contributed by atoms with Crippen molar-refractivity contribution >= 4 is 28.6 Å². The van der Waals surface area contributed by atoms with Crippen molar-refractivity contribution in [2.45, 2.75) is 51.9 Å². The summed E-state index contributed by atoms with van der Waals surface area (Å²) in [5.74, 6) is 2.31. The van der Waals surface area contributed by atoms with Crippen LogP contribution in [0.3, 0.4) is 0 Å². The SMILES string of the molecule is Cc1nc(C)c(CC(=O)NCC2CCC(c3nnc(-c4cccs4)o3)CC2)s1. The van der Waals surface area contributed by atoms with Gasteiger partial charge in [-0.05, 0) is 56.9 Å². The highest BCUT2D eigenvalue weighted by molar-refractivity contribution is 7.13. The van der Waals surface area contributed by atoms with E-state index in [1.54, 1.807) is 22.7 Å². The third kappa shape index (κ3) is 4.50. The Bertz CT molecular complexity index is 924. The topological polar surface area (TPSA) is 80.9 Å². The van der Waals surface area contributed by atoms with E-state index in [4.69, 9.17) is 4.42 Å². The van der Waals surface area contributed by atoms with Gasteiger partial charge in [0.1, 0.15) is 0 Å². The van der Waals surface area contributed by atoms with Gasteiger partial charge >= 0.3 is 0 Å². The number of carbonyl (C=O) groups is 1. The summed E-state index contributed by atoms with van der Waals surface area (Å²) in [6, 6.07) is 3.98. The second kappa shape index (κ2) is 8.53. The van der Waals surface area contributed by atoms with Gasteiger partial charge in [-0.3, -0.25) is 4.79 Å². The summed E-state index contributed by atoms with van der Waals surface area (Å²) >= 11 is 3.22. The number of nitrogens with one attached hydrogen (secondary N) is 1. The number of carbonyl (C=O) groups excluding carboxylic acids is 1. The molecule has 1 amide bonds. The summed E-state index contributed by atoms with van der Waals surface area (Å²) in [5, 5.41) is 14.6. The second-order valence-corrected chi connectivity index (χ2v) is 9.60. The Balaban J connectivity index is 1.23. The summed E-state index contributed by atoms with van der Waals surface area (Å²) in [5.41, 5.74) is 0.972. The number of amides is 1. The summed E-state index contributed by atoms with van der Waals surface area (Å²) in [7, 11) is 0. The van der Waals surface area contributed by atoms with Crippen LogP contribution in [0.1, 0.15) is 53.1 Å². The van der Waals surface area contributed by atoms with E-state index in [0.717, 1.165) is 58.6 Å². The Kier molecular flexibility index (Phi) is 5.87. The first-order valence-electron chi connectivity index (χ1n) is 9.65. The third-order valence-electron chi connectivity index (χ3n) is 5.28. The fourth-order valence-corrected chi connectivity index (χ4v) is 5.30. The second-order valence-electron chi connectivity index (χ2n) is 7.36. The number of hydrogen-bond acceptors (Lipinski definition) is 7. The summed E-state index contributed by atoms with van der Waals surface area (Å²) < 4.78 is 5.89. The smallest absolute Gasteiger partial charge is 0.257 e. The molecule has 0 spiro atoms. The molecule has 6 nitrogen and oxygen atoms in total. The maximum absolute atomic E-state index is 12.3. The fraction of sp³-hybridized carbons (Fsp3) is 0.500. The highest BCUT2D eigenvalue weighted by Gasteiger charge is 2.27. The number of rotatable bonds is 6. The van der Waals surface area contributed by atoms with Gasteiger partial charge in [-0.15, -0.1) is 32.9 Å². The van der Waals surface area contributed by atoms with Gasteiger partial charge in [-0.1, -0.05) is 6.07 Å². The van der Waals surface area contributed by atoms with Crippen LogP contribution < -0.4 is 5.32 Å². The molecule has 4 rings (SSSR count). The van der Waals surface area contributed by atoms with E-state index in [1.807, 2.05) is 31.4 Å². The van der Waals surface area contributed by atoms with E-state index in [1.165, 1.54) is 0 Å². The van der Waals surface area contributed by atoms with E-state index in [-0.39, 0.29) is 5.91 Å². The molecule has 0 atom stereocenters. The zero-order valence-electron chi connectivity index (χ0n) is 16.1. The van der Waals surface area contributed by atoms with Crippen LogP contribution >= 0.6 is 22.7 Å². The molecule has 0 radical (unpaired) electrons. The summed E-state index contributed by atoms with van der Waals surface area (Å²) in [6.07, 6.45) is 4.63. The zero-order valence-corrected chi connectivity index (χ0v) is 17.7. The number of aromatic nitrogens is 3. The lowest BCUT2D eigenvalue weighted by molar-refractivity contribution is -0.120. The molecule has 0 saturated heterocycles. The molecule has 148 valence electrons. The molecule has 1 aliphatic rings. The predicted molar refractivity (Wildman–Crippen MR) is 111 cm³/mol. The molecule has 0 aromatic carbocycles. The molecule has 1 saturated carbocycles. The minimum Gasteiger partial charge on any atom is -0.420 e. The molecular formula is C20H24N4O2S2. The van der Waals surface area contributed by atoms with E-state index in [0.29, 0.717) is 24.1 Å². The highest BCUT2D eigenvalue weighted by atomic mass is 32.1. The molecule has 1 aliphatic carbocycles. The van der Waals surface area contributed by atoms with Crippen molar-refractivity contribution in [3.63, 3.8) is 0 Å². The van der Waals surface area contributed by atoms with Crippen molar-refractivity contribution in [3.05, 3.63) is 39.0 Å². The predicted octanol–water partition coefficient (Wildman–Crippen LogP) is 4.50. The largest absolute Gasteiger partial charge is 0.420 e. The minimum absolute atomic E-state index is 0.0892. The van der Waals surface area contributed by atoms with Crippen LogP contribution in [0.25, 0.3) is 10.8 Å². The molecule has 0 bridgehead atoms. The molecule has 8 heteroatoms. The van der Waals surface area contributed by atoms with E-state index in [2.05, 4.69) is 20.5 Å². The standard InChI is InChI=1S/C20H24N4O2S2/c1-12-17(28-13(2)22-12)10-18(25)21-11-14-5-7-15(8-6-14)19-23-24-20(26-19)16-4-3-9-27-16/h3-4,9,14-15H,5-8,10-11H2,1-2H3,(H,21,25). The molecule has 3 aromatic heterocycles. The van der Waals surface area contributed by atoms with E-state index in [9.17, 15) is 4.79 Å². The van der Waals surface area contributed by atoms with Crippen LogP contribution in [0.4, 0.5) is 0 Å². The molecular weight excluding hydrogens is 392 g/mol. The van der Waals surface area contributed by atoms with Crippen LogP contribution in [0.2, 0.25) is 0 Å². The molecule has 0 unspecified atom stereocenters. The van der Waals surface area contributed by atoms with Gasteiger partial charge in [-0.25, -0.2) is 4.98 Å². The quantitative estimate of drug-likeness (QED) is 0.640. The lowest BCUT2D eigenvalue weighted by atomic mass is 9.82. The fourth-order valence-electron chi connectivity index (χ4n) is 3.72. The Morgan fingerprint density at radius 1 is 1.25 bits per heavy atom. The monoisotopic (exact) mass is 416 g/mol. The van der Waals surface area contributed by atoms with Crippen LogP contribution in [0.15, 0.2) is 21.9 Å². The van der Waals surface area contributed by atoms with Crippen molar-refractivity contribution in [2.75, 3.05) is 6.54 Å². The van der Waals surface area contributed by atoms with Crippen molar-refractivity contribution in [1.82, 2.24) is 20.5 Å². The number of thiazole rings is 1. The van der Waals surface area contributed by atoms with Crippen molar-refractivity contribution in [3.8, 4) is 10.8 Å². The van der Waals surface area contributed by atoms with Crippen molar-refractivity contribution < 1.29 is 9.21 Å². The van der Waals surface area contributed by atoms with Crippen LogP contribution in [0, 0.1) is 19.8 Å². The van der Waals surface area contributed by atoms with Gasteiger partial charge < -0.3 is 9.73 Å². The van der Waals surface area contributed by atoms with Crippen molar-refractivity contribution in [1.29, 1.82) is 0 Å². The molecule has 28 heavy (non-hydrogen) atoms. The Hall–Kier alpha value is -2.06. The molecule has 0 aliphatic heterocycles. The first-order valence-corrected chi connectivity index (χ1v) is 11.3. The van der Waals surface area contributed by atoms with Gasteiger partial charge in [0.05, 0.1) is 22.0 Å². The van der Waals surface area contributed by atoms with E-state index < -0.39 is 0 Å². The number of hydrogen-bond donors (Lipinski definition) is 1. The van der Waals surface area contributed by atoms with Gasteiger partial charge in [0.25, 0.3) is 5.89 Å². The molecule has 1 fully saturated rings. The average Bonchev–Trinajstić information content (AvgIpc) is 3.42. The normalized spacial score (nSPS) is 19.6. The Morgan fingerprint density at radius 3 is 2.75 bits per heavy atom. The van der Waals surface area contributed by atoms with Crippen LogP contribution in [-0.2, 0) is 11.2 Å². The molecule has 3 aromatic rings.